The topological polar surface area (TPSA) is 111 Å². The molecule has 0 atom stereocenters. The van der Waals surface area contributed by atoms with Crippen LogP contribution in [0.1, 0.15) is 21.5 Å². The summed E-state index contributed by atoms with van der Waals surface area (Å²) < 4.78 is 0. The van der Waals surface area contributed by atoms with E-state index in [1.165, 1.54) is 11.8 Å². The molecule has 0 saturated carbocycles. The number of amidine groups is 1. The van der Waals surface area contributed by atoms with E-state index in [1.807, 2.05) is 17.0 Å². The van der Waals surface area contributed by atoms with Crippen molar-refractivity contribution in [3.05, 3.63) is 70.1 Å². The van der Waals surface area contributed by atoms with Gasteiger partial charge in [-0.05, 0) is 53.2 Å². The van der Waals surface area contributed by atoms with Crippen molar-refractivity contribution in [1.82, 2.24) is 10.2 Å². The Bertz CT molecular complexity index is 1090. The summed E-state index contributed by atoms with van der Waals surface area (Å²) in [5.74, 6) is -1.20. The first kappa shape index (κ1) is 21.8. The SMILES string of the molecule is O=C(O)Cc1ccc(NC2=NC(=O)C(=Cc3ccc(C(=O)N4CCNCC4)cc3)S2)cc1. The number of hydrogen-bond donors (Lipinski definition) is 3. The molecule has 0 bridgehead atoms. The largest absolute Gasteiger partial charge is 0.481 e. The van der Waals surface area contributed by atoms with E-state index < -0.39 is 5.97 Å². The quantitative estimate of drug-likeness (QED) is 0.600. The highest BCUT2D eigenvalue weighted by atomic mass is 32.2. The first-order valence-corrected chi connectivity index (χ1v) is 11.0. The average molecular weight is 451 g/mol. The number of rotatable bonds is 5. The zero-order chi connectivity index (χ0) is 22.5. The van der Waals surface area contributed by atoms with E-state index in [2.05, 4.69) is 15.6 Å². The second-order valence-electron chi connectivity index (χ2n) is 7.39. The lowest BCUT2D eigenvalue weighted by Crippen LogP contribution is -2.46. The highest BCUT2D eigenvalue weighted by molar-refractivity contribution is 8.18. The molecule has 8 nitrogen and oxygen atoms in total. The van der Waals surface area contributed by atoms with Gasteiger partial charge in [-0.15, -0.1) is 0 Å². The van der Waals surface area contributed by atoms with Gasteiger partial charge in [0, 0.05) is 37.4 Å². The molecule has 1 saturated heterocycles. The van der Waals surface area contributed by atoms with E-state index in [1.54, 1.807) is 42.5 Å². The molecule has 2 heterocycles. The van der Waals surface area contributed by atoms with E-state index in [-0.39, 0.29) is 18.2 Å². The first-order chi connectivity index (χ1) is 15.5. The predicted molar refractivity (Wildman–Crippen MR) is 125 cm³/mol. The van der Waals surface area contributed by atoms with Gasteiger partial charge in [0.15, 0.2) is 5.17 Å². The van der Waals surface area contributed by atoms with Crippen molar-refractivity contribution in [1.29, 1.82) is 0 Å². The molecule has 0 aromatic heterocycles. The molecule has 0 aliphatic carbocycles. The standard InChI is InChI=1S/C23H22N4O4S/c28-20(29)14-16-3-7-18(8-4-16)25-23-26-21(30)19(32-23)13-15-1-5-17(6-2-15)22(31)27-11-9-24-10-12-27/h1-8,13,24H,9-12,14H2,(H,28,29)(H,25,26,30). The van der Waals surface area contributed by atoms with Crippen molar-refractivity contribution in [2.45, 2.75) is 6.42 Å². The Morgan fingerprint density at radius 3 is 2.44 bits per heavy atom. The van der Waals surface area contributed by atoms with Crippen molar-refractivity contribution >= 4 is 46.5 Å². The van der Waals surface area contributed by atoms with Crippen LogP contribution in [0, 0.1) is 0 Å². The third-order valence-electron chi connectivity index (χ3n) is 5.04. The molecule has 2 aliphatic rings. The number of hydrogen-bond acceptors (Lipinski definition) is 6. The summed E-state index contributed by atoms with van der Waals surface area (Å²) in [5.41, 5.74) is 2.85. The van der Waals surface area contributed by atoms with Gasteiger partial charge in [0.2, 0.25) is 0 Å². The molecule has 2 aromatic rings. The van der Waals surface area contributed by atoms with Crippen LogP contribution in [0.15, 0.2) is 58.4 Å². The summed E-state index contributed by atoms with van der Waals surface area (Å²) in [6.45, 7) is 3.01. The number of aliphatic imine (C=N–C) groups is 1. The lowest BCUT2D eigenvalue weighted by Gasteiger charge is -2.27. The maximum Gasteiger partial charge on any atom is 0.307 e. The van der Waals surface area contributed by atoms with Gasteiger partial charge < -0.3 is 20.6 Å². The number of carboxylic acid groups (broad SMARTS) is 1. The highest BCUT2D eigenvalue weighted by Gasteiger charge is 2.22. The zero-order valence-electron chi connectivity index (χ0n) is 17.2. The summed E-state index contributed by atoms with van der Waals surface area (Å²) in [6.07, 6.45) is 1.71. The Balaban J connectivity index is 1.37. The number of carboxylic acids is 1. The number of thioether (sulfide) groups is 1. The van der Waals surface area contributed by atoms with Gasteiger partial charge in [0.1, 0.15) is 0 Å². The number of carbonyl (C=O) groups excluding carboxylic acids is 2. The van der Waals surface area contributed by atoms with Crippen LogP contribution in [-0.4, -0.2) is 59.1 Å². The summed E-state index contributed by atoms with van der Waals surface area (Å²) in [6, 6.07) is 14.1. The van der Waals surface area contributed by atoms with Crippen molar-refractivity contribution in [2.24, 2.45) is 4.99 Å². The lowest BCUT2D eigenvalue weighted by atomic mass is 10.1. The molecular weight excluding hydrogens is 428 g/mol. The van der Waals surface area contributed by atoms with E-state index >= 15 is 0 Å². The van der Waals surface area contributed by atoms with E-state index in [0.29, 0.717) is 34.3 Å². The average Bonchev–Trinajstić information content (AvgIpc) is 3.14. The molecule has 0 spiro atoms. The van der Waals surface area contributed by atoms with Crippen LogP contribution in [0.2, 0.25) is 0 Å². The summed E-state index contributed by atoms with van der Waals surface area (Å²) in [5, 5.41) is 15.6. The van der Waals surface area contributed by atoms with Gasteiger partial charge in [-0.25, -0.2) is 0 Å². The van der Waals surface area contributed by atoms with E-state index in [9.17, 15) is 14.4 Å². The molecule has 0 unspecified atom stereocenters. The number of piperazine rings is 1. The lowest BCUT2D eigenvalue weighted by molar-refractivity contribution is -0.136. The number of carbonyl (C=O) groups is 3. The Morgan fingerprint density at radius 2 is 1.78 bits per heavy atom. The third-order valence-corrected chi connectivity index (χ3v) is 5.94. The smallest absolute Gasteiger partial charge is 0.307 e. The van der Waals surface area contributed by atoms with Crippen molar-refractivity contribution in [3.63, 3.8) is 0 Å². The molecule has 2 aliphatic heterocycles. The first-order valence-electron chi connectivity index (χ1n) is 10.2. The van der Waals surface area contributed by atoms with E-state index in [0.717, 1.165) is 24.3 Å². The van der Waals surface area contributed by atoms with Gasteiger partial charge in [0.05, 0.1) is 11.3 Å². The van der Waals surface area contributed by atoms with Gasteiger partial charge in [-0.3, -0.25) is 14.4 Å². The number of anilines is 1. The molecule has 4 rings (SSSR count). The highest BCUT2D eigenvalue weighted by Crippen LogP contribution is 2.29. The van der Waals surface area contributed by atoms with Crippen LogP contribution < -0.4 is 10.6 Å². The molecule has 2 aromatic carbocycles. The van der Waals surface area contributed by atoms with Crippen LogP contribution in [0.4, 0.5) is 5.69 Å². The fourth-order valence-electron chi connectivity index (χ4n) is 3.39. The molecule has 1 fully saturated rings. The number of nitrogens with one attached hydrogen (secondary N) is 2. The fraction of sp³-hybridized carbons (Fsp3) is 0.217. The van der Waals surface area contributed by atoms with Crippen LogP contribution in [0.5, 0.6) is 0 Å². The van der Waals surface area contributed by atoms with Crippen LogP contribution >= 0.6 is 11.8 Å². The summed E-state index contributed by atoms with van der Waals surface area (Å²) in [4.78, 5) is 42.0. The van der Waals surface area contributed by atoms with Gasteiger partial charge in [-0.1, -0.05) is 24.3 Å². The second kappa shape index (κ2) is 9.80. The normalized spacial score (nSPS) is 17.4. The minimum Gasteiger partial charge on any atom is -0.481 e. The molecule has 0 radical (unpaired) electrons. The van der Waals surface area contributed by atoms with Crippen LogP contribution in [0.3, 0.4) is 0 Å². The van der Waals surface area contributed by atoms with Gasteiger partial charge >= 0.3 is 5.97 Å². The Hall–Kier alpha value is -3.43. The molecule has 32 heavy (non-hydrogen) atoms. The molecule has 164 valence electrons. The van der Waals surface area contributed by atoms with E-state index in [4.69, 9.17) is 5.11 Å². The second-order valence-corrected chi connectivity index (χ2v) is 8.42. The van der Waals surface area contributed by atoms with Crippen LogP contribution in [-0.2, 0) is 16.0 Å². The van der Waals surface area contributed by atoms with Gasteiger partial charge in [0.25, 0.3) is 11.8 Å². The summed E-state index contributed by atoms with van der Waals surface area (Å²) in [7, 11) is 0. The zero-order valence-corrected chi connectivity index (χ0v) is 18.0. The fourth-order valence-corrected chi connectivity index (χ4v) is 4.22. The number of aliphatic carboxylic acids is 1. The van der Waals surface area contributed by atoms with Crippen LogP contribution in [0.25, 0.3) is 6.08 Å². The maximum atomic E-state index is 12.6. The number of amides is 2. The monoisotopic (exact) mass is 450 g/mol. The number of nitrogens with zero attached hydrogens (tertiary/aromatic N) is 2. The minimum atomic E-state index is -0.886. The predicted octanol–water partition coefficient (Wildman–Crippen LogP) is 2.44. The summed E-state index contributed by atoms with van der Waals surface area (Å²) >= 11 is 1.23. The Kier molecular flexibility index (Phi) is 6.67. The molecule has 9 heteroatoms. The molecular formula is C23H22N4O4S. The third kappa shape index (κ3) is 5.43. The molecule has 3 N–H and O–H groups in total. The van der Waals surface area contributed by atoms with Crippen molar-refractivity contribution < 1.29 is 19.5 Å². The minimum absolute atomic E-state index is 0.0150. The maximum absolute atomic E-state index is 12.6. The van der Waals surface area contributed by atoms with Crippen molar-refractivity contribution in [2.75, 3.05) is 31.5 Å². The Labute approximate surface area is 189 Å². The molecule has 2 amide bonds. The van der Waals surface area contributed by atoms with Crippen molar-refractivity contribution in [3.8, 4) is 0 Å². The number of benzene rings is 2. The van der Waals surface area contributed by atoms with Gasteiger partial charge in [-0.2, -0.15) is 4.99 Å². The Morgan fingerprint density at radius 1 is 1.09 bits per heavy atom.